The average Bonchev–Trinajstić information content (AvgIpc) is 1.93. The second-order valence-corrected chi connectivity index (χ2v) is 1.36. The molecule has 0 aromatic heterocycles. The Kier molecular flexibility index (Phi) is 13.2. The quantitative estimate of drug-likeness (QED) is 0.600. The maximum atomic E-state index is 3.88. The van der Waals surface area contributed by atoms with Gasteiger partial charge in [-0.25, -0.2) is 4.99 Å². The van der Waals surface area contributed by atoms with E-state index < -0.39 is 0 Å². The fourth-order valence-electron chi connectivity index (χ4n) is 0.406. The normalized spacial score (nSPS) is 8.40. The zero-order valence-electron chi connectivity index (χ0n) is 7.44. The van der Waals surface area contributed by atoms with Crippen LogP contribution < -0.4 is 5.32 Å². The molecule has 0 aromatic carbocycles. The van der Waals surface area contributed by atoms with Gasteiger partial charge in [0, 0.05) is 12.8 Å². The Morgan fingerprint density at radius 2 is 2.10 bits per heavy atom. The highest BCUT2D eigenvalue weighted by Crippen LogP contribution is 1.80. The SMILES string of the molecule is C=C(/N=C\C)NCC.CC. The minimum absolute atomic E-state index is 0.731. The van der Waals surface area contributed by atoms with Gasteiger partial charge >= 0.3 is 0 Å². The molecule has 2 heteroatoms. The molecule has 0 fully saturated rings. The van der Waals surface area contributed by atoms with Crippen molar-refractivity contribution in [1.82, 2.24) is 5.32 Å². The maximum absolute atomic E-state index is 3.88. The molecule has 0 radical (unpaired) electrons. The van der Waals surface area contributed by atoms with Gasteiger partial charge in [-0.3, -0.25) is 0 Å². The van der Waals surface area contributed by atoms with E-state index in [1.807, 2.05) is 27.7 Å². The predicted molar refractivity (Wildman–Crippen MR) is 48.3 cm³/mol. The van der Waals surface area contributed by atoms with Crippen molar-refractivity contribution in [3.63, 3.8) is 0 Å². The first-order valence-electron chi connectivity index (χ1n) is 3.72. The van der Waals surface area contributed by atoms with E-state index in [-0.39, 0.29) is 0 Å². The summed E-state index contributed by atoms with van der Waals surface area (Å²) < 4.78 is 0. The van der Waals surface area contributed by atoms with Crippen molar-refractivity contribution >= 4 is 6.21 Å². The van der Waals surface area contributed by atoms with E-state index in [0.29, 0.717) is 0 Å². The van der Waals surface area contributed by atoms with Crippen LogP contribution in [0.3, 0.4) is 0 Å². The van der Waals surface area contributed by atoms with Crippen LogP contribution >= 0.6 is 0 Å². The first kappa shape index (κ1) is 11.9. The van der Waals surface area contributed by atoms with Gasteiger partial charge in [-0.2, -0.15) is 0 Å². The Hall–Kier alpha value is -0.790. The predicted octanol–water partition coefficient (Wildman–Crippen LogP) is 2.18. The summed E-state index contributed by atoms with van der Waals surface area (Å²) in [7, 11) is 0. The molecule has 2 nitrogen and oxygen atoms in total. The van der Waals surface area contributed by atoms with Crippen LogP contribution in [-0.4, -0.2) is 12.8 Å². The molecule has 0 bridgehead atoms. The van der Waals surface area contributed by atoms with E-state index in [4.69, 9.17) is 0 Å². The molecule has 0 saturated heterocycles. The number of hydrogen-bond acceptors (Lipinski definition) is 2. The summed E-state index contributed by atoms with van der Waals surface area (Å²) in [6.07, 6.45) is 1.71. The van der Waals surface area contributed by atoms with Crippen molar-refractivity contribution in [2.75, 3.05) is 6.54 Å². The minimum Gasteiger partial charge on any atom is -0.371 e. The van der Waals surface area contributed by atoms with Gasteiger partial charge in [0.25, 0.3) is 0 Å². The summed E-state index contributed by atoms with van der Waals surface area (Å²) in [5, 5.41) is 2.95. The van der Waals surface area contributed by atoms with Crippen molar-refractivity contribution in [3.05, 3.63) is 12.4 Å². The van der Waals surface area contributed by atoms with E-state index >= 15 is 0 Å². The first-order valence-corrected chi connectivity index (χ1v) is 3.72. The number of nitrogens with zero attached hydrogens (tertiary/aromatic N) is 1. The molecular weight excluding hydrogens is 124 g/mol. The Labute approximate surface area is 64.1 Å². The molecule has 0 aliphatic rings. The van der Waals surface area contributed by atoms with Gasteiger partial charge in [-0.1, -0.05) is 20.4 Å². The fourth-order valence-corrected chi connectivity index (χ4v) is 0.406. The molecule has 1 N–H and O–H groups in total. The summed E-state index contributed by atoms with van der Waals surface area (Å²) in [5.41, 5.74) is 0. The summed E-state index contributed by atoms with van der Waals surface area (Å²) in [6.45, 7) is 12.4. The summed E-state index contributed by atoms with van der Waals surface area (Å²) in [4.78, 5) is 3.88. The van der Waals surface area contributed by atoms with E-state index in [9.17, 15) is 0 Å². The topological polar surface area (TPSA) is 24.4 Å². The largest absolute Gasteiger partial charge is 0.371 e. The average molecular weight is 142 g/mol. The molecule has 0 aliphatic heterocycles. The van der Waals surface area contributed by atoms with Gasteiger partial charge in [0.1, 0.15) is 5.82 Å². The number of nitrogens with one attached hydrogen (secondary N) is 1. The van der Waals surface area contributed by atoms with Crippen LogP contribution in [0.25, 0.3) is 0 Å². The van der Waals surface area contributed by atoms with Crippen LogP contribution in [-0.2, 0) is 0 Å². The zero-order valence-corrected chi connectivity index (χ0v) is 7.44. The highest BCUT2D eigenvalue weighted by atomic mass is 15.0. The van der Waals surface area contributed by atoms with Gasteiger partial charge in [-0.05, 0) is 13.8 Å². The molecule has 0 aromatic rings. The highest BCUT2D eigenvalue weighted by molar-refractivity contribution is 5.54. The molecule has 0 heterocycles. The van der Waals surface area contributed by atoms with Crippen LogP contribution in [0.15, 0.2) is 17.4 Å². The van der Waals surface area contributed by atoms with E-state index in [1.165, 1.54) is 0 Å². The molecule has 0 rings (SSSR count). The molecular formula is C8H18N2. The summed E-state index contributed by atoms with van der Waals surface area (Å²) in [5.74, 6) is 0.731. The lowest BCUT2D eigenvalue weighted by Gasteiger charge is -1.97. The third kappa shape index (κ3) is 10.2. The van der Waals surface area contributed by atoms with Crippen LogP contribution in [0.5, 0.6) is 0 Å². The van der Waals surface area contributed by atoms with E-state index in [2.05, 4.69) is 16.9 Å². The highest BCUT2D eigenvalue weighted by Gasteiger charge is 1.78. The van der Waals surface area contributed by atoms with E-state index in [0.717, 1.165) is 12.4 Å². The number of aliphatic imine (C=N–C) groups is 1. The second kappa shape index (κ2) is 11.1. The lowest BCUT2D eigenvalue weighted by molar-refractivity contribution is 0.847. The van der Waals surface area contributed by atoms with Crippen molar-refractivity contribution in [3.8, 4) is 0 Å². The summed E-state index contributed by atoms with van der Waals surface area (Å²) in [6, 6.07) is 0. The van der Waals surface area contributed by atoms with Crippen LogP contribution in [0, 0.1) is 0 Å². The van der Waals surface area contributed by atoms with Crippen LogP contribution in [0.4, 0.5) is 0 Å². The number of hydrogen-bond donors (Lipinski definition) is 1. The van der Waals surface area contributed by atoms with Gasteiger partial charge < -0.3 is 5.32 Å². The van der Waals surface area contributed by atoms with Gasteiger partial charge in [0.2, 0.25) is 0 Å². The molecule has 0 unspecified atom stereocenters. The zero-order chi connectivity index (χ0) is 8.41. The molecule has 0 atom stereocenters. The summed E-state index contributed by atoms with van der Waals surface area (Å²) >= 11 is 0. The monoisotopic (exact) mass is 142 g/mol. The lowest BCUT2D eigenvalue weighted by Crippen LogP contribution is -2.08. The van der Waals surface area contributed by atoms with Gasteiger partial charge in [0.15, 0.2) is 0 Å². The Morgan fingerprint density at radius 1 is 1.60 bits per heavy atom. The molecule has 10 heavy (non-hydrogen) atoms. The molecule has 0 aliphatic carbocycles. The third-order valence-corrected chi connectivity index (χ3v) is 0.666. The fraction of sp³-hybridized carbons (Fsp3) is 0.625. The van der Waals surface area contributed by atoms with Crippen LogP contribution in [0.2, 0.25) is 0 Å². The molecule has 0 amide bonds. The standard InChI is InChI=1S/C6H12N2.C2H6/c1-4-7-6(3)8-5-2;1-2/h4,8H,3,5H2,1-2H3;1-2H3/b7-4-;. The Morgan fingerprint density at radius 3 is 2.40 bits per heavy atom. The van der Waals surface area contributed by atoms with Crippen molar-refractivity contribution < 1.29 is 0 Å². The van der Waals surface area contributed by atoms with Crippen molar-refractivity contribution in [2.45, 2.75) is 27.7 Å². The Balaban J connectivity index is 0. The van der Waals surface area contributed by atoms with Crippen LogP contribution in [0.1, 0.15) is 27.7 Å². The second-order valence-electron chi connectivity index (χ2n) is 1.36. The molecule has 0 spiro atoms. The third-order valence-electron chi connectivity index (χ3n) is 0.666. The van der Waals surface area contributed by atoms with Crippen molar-refractivity contribution in [2.24, 2.45) is 4.99 Å². The Bertz CT molecular complexity index is 95.4. The molecule has 0 saturated carbocycles. The van der Waals surface area contributed by atoms with Gasteiger partial charge in [0.05, 0.1) is 0 Å². The number of rotatable bonds is 3. The minimum atomic E-state index is 0.731. The first-order chi connectivity index (χ1) is 4.81. The lowest BCUT2D eigenvalue weighted by atomic mass is 10.7. The van der Waals surface area contributed by atoms with Crippen molar-refractivity contribution in [1.29, 1.82) is 0 Å². The smallest absolute Gasteiger partial charge is 0.118 e. The van der Waals surface area contributed by atoms with Gasteiger partial charge in [-0.15, -0.1) is 0 Å². The van der Waals surface area contributed by atoms with E-state index in [1.54, 1.807) is 6.21 Å². The molecule has 60 valence electrons. The maximum Gasteiger partial charge on any atom is 0.118 e.